The third-order valence-electron chi connectivity index (χ3n) is 3.49. The van der Waals surface area contributed by atoms with Crippen LogP contribution in [0.2, 0.25) is 0 Å². The van der Waals surface area contributed by atoms with Crippen molar-refractivity contribution in [2.75, 3.05) is 52.5 Å². The highest BCUT2D eigenvalue weighted by atomic mass is 16.5. The maximum Gasteiger partial charge on any atom is 0.0594 e. The molecule has 0 amide bonds. The molecule has 1 rings (SSSR count). The molecule has 1 saturated heterocycles. The Kier molecular flexibility index (Phi) is 12.1. The van der Waals surface area contributed by atoms with E-state index in [9.17, 15) is 0 Å². The molecule has 0 aliphatic carbocycles. The third kappa shape index (κ3) is 9.48. The normalized spacial score (nSPS) is 17.3. The summed E-state index contributed by atoms with van der Waals surface area (Å²) in [5.74, 6) is 0. The molecule has 0 unspecified atom stereocenters. The molecule has 0 atom stereocenters. The second kappa shape index (κ2) is 12.3. The molecule has 0 saturated carbocycles. The van der Waals surface area contributed by atoms with Crippen molar-refractivity contribution in [3.63, 3.8) is 0 Å². The molecule has 1 aliphatic heterocycles. The van der Waals surface area contributed by atoms with E-state index in [2.05, 4.69) is 56.0 Å². The smallest absolute Gasteiger partial charge is 0.0594 e. The molecule has 0 aromatic heterocycles. The lowest BCUT2D eigenvalue weighted by atomic mass is 10.2. The molecule has 4 nitrogen and oxygen atoms in total. The van der Waals surface area contributed by atoms with Crippen LogP contribution in [0.15, 0.2) is 13.2 Å². The average molecular weight is 285 g/mol. The van der Waals surface area contributed by atoms with Gasteiger partial charge < -0.3 is 10.1 Å². The number of piperazine rings is 1. The van der Waals surface area contributed by atoms with Gasteiger partial charge in [-0.2, -0.15) is 0 Å². The summed E-state index contributed by atoms with van der Waals surface area (Å²) in [5, 5.41) is 3.36. The molecular formula is C16H35N3O. The molecule has 0 aromatic rings. The van der Waals surface area contributed by atoms with Gasteiger partial charge in [0.25, 0.3) is 0 Å². The van der Waals surface area contributed by atoms with Crippen molar-refractivity contribution in [3.05, 3.63) is 13.2 Å². The first-order valence-electron chi connectivity index (χ1n) is 7.87. The van der Waals surface area contributed by atoms with Crippen LogP contribution in [0.1, 0.15) is 27.7 Å². The van der Waals surface area contributed by atoms with Gasteiger partial charge in [-0.05, 0) is 13.8 Å². The minimum atomic E-state index is 0.553. The summed E-state index contributed by atoms with van der Waals surface area (Å²) in [7, 11) is 0. The van der Waals surface area contributed by atoms with Crippen molar-refractivity contribution >= 4 is 0 Å². The van der Waals surface area contributed by atoms with E-state index >= 15 is 0 Å². The SMILES string of the molecule is C=C.CC(C)NCCOCCN1CCN(C(C)C)CC1. The van der Waals surface area contributed by atoms with Crippen molar-refractivity contribution in [3.8, 4) is 0 Å². The van der Waals surface area contributed by atoms with Crippen molar-refractivity contribution in [1.29, 1.82) is 0 Å². The van der Waals surface area contributed by atoms with Gasteiger partial charge in [0, 0.05) is 51.4 Å². The predicted octanol–water partition coefficient (Wildman–Crippen LogP) is 1.83. The molecule has 1 fully saturated rings. The number of hydrogen-bond donors (Lipinski definition) is 1. The molecule has 120 valence electrons. The number of nitrogens with zero attached hydrogens (tertiary/aromatic N) is 2. The largest absolute Gasteiger partial charge is 0.379 e. The number of rotatable bonds is 8. The molecule has 1 N–H and O–H groups in total. The molecule has 0 aromatic carbocycles. The Bertz CT molecular complexity index is 214. The van der Waals surface area contributed by atoms with Crippen LogP contribution < -0.4 is 5.32 Å². The molecule has 0 bridgehead atoms. The van der Waals surface area contributed by atoms with E-state index in [-0.39, 0.29) is 0 Å². The zero-order valence-electron chi connectivity index (χ0n) is 14.0. The van der Waals surface area contributed by atoms with Gasteiger partial charge in [-0.3, -0.25) is 9.80 Å². The quantitative estimate of drug-likeness (QED) is 0.544. The Morgan fingerprint density at radius 2 is 1.60 bits per heavy atom. The van der Waals surface area contributed by atoms with Gasteiger partial charge in [0.05, 0.1) is 13.2 Å². The van der Waals surface area contributed by atoms with Crippen molar-refractivity contribution in [2.45, 2.75) is 39.8 Å². The highest BCUT2D eigenvalue weighted by Gasteiger charge is 2.17. The Morgan fingerprint density at radius 1 is 1.00 bits per heavy atom. The van der Waals surface area contributed by atoms with E-state index < -0.39 is 0 Å². The first-order chi connectivity index (χ1) is 9.59. The lowest BCUT2D eigenvalue weighted by molar-refractivity contribution is 0.0670. The summed E-state index contributed by atoms with van der Waals surface area (Å²) in [5.41, 5.74) is 0. The van der Waals surface area contributed by atoms with Gasteiger partial charge in [0.1, 0.15) is 0 Å². The summed E-state index contributed by atoms with van der Waals surface area (Å²) in [4.78, 5) is 5.05. The molecule has 1 heterocycles. The second-order valence-corrected chi connectivity index (χ2v) is 5.69. The lowest BCUT2D eigenvalue weighted by Gasteiger charge is -2.36. The molecule has 20 heavy (non-hydrogen) atoms. The Labute approximate surface area is 126 Å². The third-order valence-corrected chi connectivity index (χ3v) is 3.49. The first kappa shape index (κ1) is 19.6. The Hall–Kier alpha value is -0.420. The highest BCUT2D eigenvalue weighted by Crippen LogP contribution is 2.05. The summed E-state index contributed by atoms with van der Waals surface area (Å²) in [6.45, 7) is 23.4. The van der Waals surface area contributed by atoms with E-state index in [1.807, 2.05) is 0 Å². The van der Waals surface area contributed by atoms with Crippen molar-refractivity contribution in [2.24, 2.45) is 0 Å². The van der Waals surface area contributed by atoms with Gasteiger partial charge >= 0.3 is 0 Å². The summed E-state index contributed by atoms with van der Waals surface area (Å²) in [6.07, 6.45) is 0. The molecule has 0 radical (unpaired) electrons. The van der Waals surface area contributed by atoms with Gasteiger partial charge in [-0.25, -0.2) is 0 Å². The Morgan fingerprint density at radius 3 is 2.10 bits per heavy atom. The van der Waals surface area contributed by atoms with Crippen LogP contribution in [0.4, 0.5) is 0 Å². The number of nitrogens with one attached hydrogen (secondary N) is 1. The number of ether oxygens (including phenoxy) is 1. The molecule has 4 heteroatoms. The van der Waals surface area contributed by atoms with Crippen LogP contribution in [0.25, 0.3) is 0 Å². The van der Waals surface area contributed by atoms with E-state index in [1.54, 1.807) is 0 Å². The van der Waals surface area contributed by atoms with Crippen molar-refractivity contribution < 1.29 is 4.74 Å². The van der Waals surface area contributed by atoms with Gasteiger partial charge in [0.15, 0.2) is 0 Å². The monoisotopic (exact) mass is 285 g/mol. The zero-order chi connectivity index (χ0) is 15.4. The Balaban J connectivity index is 0.00000172. The second-order valence-electron chi connectivity index (χ2n) is 5.69. The van der Waals surface area contributed by atoms with Crippen LogP contribution in [-0.4, -0.2) is 74.4 Å². The minimum Gasteiger partial charge on any atom is -0.379 e. The summed E-state index contributed by atoms with van der Waals surface area (Å²) >= 11 is 0. The van der Waals surface area contributed by atoms with E-state index in [1.165, 1.54) is 26.2 Å². The minimum absolute atomic E-state index is 0.553. The van der Waals surface area contributed by atoms with Gasteiger partial charge in [-0.1, -0.05) is 13.8 Å². The molecule has 1 aliphatic rings. The standard InChI is InChI=1S/C14H31N3O.C2H4/c1-13(2)15-5-11-18-12-10-16-6-8-17(9-7-16)14(3)4;1-2/h13-15H,5-12H2,1-4H3;1-2H2. The van der Waals surface area contributed by atoms with Crippen LogP contribution in [0.5, 0.6) is 0 Å². The average Bonchev–Trinajstić information content (AvgIpc) is 2.45. The van der Waals surface area contributed by atoms with Crippen LogP contribution >= 0.6 is 0 Å². The zero-order valence-corrected chi connectivity index (χ0v) is 14.0. The van der Waals surface area contributed by atoms with Crippen molar-refractivity contribution in [1.82, 2.24) is 15.1 Å². The first-order valence-corrected chi connectivity index (χ1v) is 7.87. The fraction of sp³-hybridized carbons (Fsp3) is 0.875. The number of hydrogen-bond acceptors (Lipinski definition) is 4. The lowest BCUT2D eigenvalue weighted by Crippen LogP contribution is -2.49. The fourth-order valence-electron chi connectivity index (χ4n) is 2.22. The molecule has 0 spiro atoms. The van der Waals surface area contributed by atoms with Crippen LogP contribution in [-0.2, 0) is 4.74 Å². The topological polar surface area (TPSA) is 27.7 Å². The van der Waals surface area contributed by atoms with E-state index in [0.29, 0.717) is 12.1 Å². The predicted molar refractivity (Wildman–Crippen MR) is 88.4 cm³/mol. The van der Waals surface area contributed by atoms with E-state index in [0.717, 1.165) is 26.3 Å². The molecular weight excluding hydrogens is 250 g/mol. The maximum atomic E-state index is 5.64. The fourth-order valence-corrected chi connectivity index (χ4v) is 2.22. The van der Waals surface area contributed by atoms with Crippen LogP contribution in [0, 0.1) is 0 Å². The van der Waals surface area contributed by atoms with E-state index in [4.69, 9.17) is 4.74 Å². The summed E-state index contributed by atoms with van der Waals surface area (Å²) < 4.78 is 5.64. The summed E-state index contributed by atoms with van der Waals surface area (Å²) in [6, 6.07) is 1.24. The van der Waals surface area contributed by atoms with Crippen LogP contribution in [0.3, 0.4) is 0 Å². The highest BCUT2D eigenvalue weighted by molar-refractivity contribution is 4.73. The van der Waals surface area contributed by atoms with Gasteiger partial charge in [0.2, 0.25) is 0 Å². The van der Waals surface area contributed by atoms with Gasteiger partial charge in [-0.15, -0.1) is 13.2 Å². The maximum absolute atomic E-state index is 5.64.